The van der Waals surface area contributed by atoms with Gasteiger partial charge in [0.15, 0.2) is 6.39 Å². The van der Waals surface area contributed by atoms with E-state index in [9.17, 15) is 0 Å². The molecule has 1 rings (SSSR count). The molecule has 0 aliphatic rings. The second-order valence-corrected chi connectivity index (χ2v) is 4.16. The lowest BCUT2D eigenvalue weighted by Gasteiger charge is -2.16. The van der Waals surface area contributed by atoms with E-state index in [0.29, 0.717) is 6.54 Å². The average Bonchev–Trinajstić information content (AvgIpc) is 2.31. The molecule has 0 saturated heterocycles. The van der Waals surface area contributed by atoms with Crippen LogP contribution in [-0.4, -0.2) is 4.98 Å². The largest absolute Gasteiger partial charge is 0.448 e. The number of aromatic nitrogens is 1. The van der Waals surface area contributed by atoms with Gasteiger partial charge in [0.05, 0.1) is 5.69 Å². The highest BCUT2D eigenvalue weighted by molar-refractivity contribution is 5.08. The van der Waals surface area contributed by atoms with Gasteiger partial charge in [0.25, 0.3) is 0 Å². The molecule has 0 aliphatic carbocycles. The summed E-state index contributed by atoms with van der Waals surface area (Å²) in [4.78, 5) is 4.03. The van der Waals surface area contributed by atoms with Crippen LogP contribution >= 0.6 is 0 Å². The fraction of sp³-hybridized carbons (Fsp3) is 0.667. The molecule has 3 heteroatoms. The van der Waals surface area contributed by atoms with Crippen molar-refractivity contribution in [1.82, 2.24) is 4.98 Å². The third-order valence-electron chi connectivity index (χ3n) is 1.61. The summed E-state index contributed by atoms with van der Waals surface area (Å²) in [5.41, 5.74) is 6.60. The second-order valence-electron chi connectivity index (χ2n) is 4.16. The molecule has 0 fully saturated rings. The van der Waals surface area contributed by atoms with Crippen molar-refractivity contribution >= 4 is 0 Å². The maximum absolute atomic E-state index is 5.49. The van der Waals surface area contributed by atoms with Crippen molar-refractivity contribution in [3.63, 3.8) is 0 Å². The first-order valence-corrected chi connectivity index (χ1v) is 4.14. The van der Waals surface area contributed by atoms with E-state index >= 15 is 0 Å². The predicted molar refractivity (Wildman–Crippen MR) is 47.6 cm³/mol. The third kappa shape index (κ3) is 2.34. The molecule has 0 aromatic carbocycles. The average molecular weight is 168 g/mol. The summed E-state index contributed by atoms with van der Waals surface area (Å²) in [6.45, 7) is 6.95. The predicted octanol–water partition coefficient (Wildman–Crippen LogP) is 1.72. The van der Waals surface area contributed by atoms with Crippen molar-refractivity contribution in [3.05, 3.63) is 17.8 Å². The van der Waals surface area contributed by atoms with Crippen LogP contribution in [0.15, 0.2) is 10.8 Å². The summed E-state index contributed by atoms with van der Waals surface area (Å²) >= 11 is 0. The summed E-state index contributed by atoms with van der Waals surface area (Å²) in [6.07, 6.45) is 2.35. The highest BCUT2D eigenvalue weighted by atomic mass is 16.3. The zero-order valence-corrected chi connectivity index (χ0v) is 7.92. The third-order valence-corrected chi connectivity index (χ3v) is 1.61. The fourth-order valence-electron chi connectivity index (χ4n) is 1.09. The molecule has 0 aliphatic heterocycles. The second kappa shape index (κ2) is 3.27. The monoisotopic (exact) mass is 168 g/mol. The van der Waals surface area contributed by atoms with Gasteiger partial charge in [-0.25, -0.2) is 4.98 Å². The van der Waals surface area contributed by atoms with Crippen LogP contribution in [0.2, 0.25) is 0 Å². The maximum atomic E-state index is 5.49. The molecular weight excluding hydrogens is 152 g/mol. The van der Waals surface area contributed by atoms with Gasteiger partial charge in [-0.3, -0.25) is 0 Å². The Morgan fingerprint density at radius 3 is 2.67 bits per heavy atom. The van der Waals surface area contributed by atoms with Crippen molar-refractivity contribution in [2.75, 3.05) is 0 Å². The molecule has 0 unspecified atom stereocenters. The molecule has 0 atom stereocenters. The van der Waals surface area contributed by atoms with E-state index in [1.54, 1.807) is 0 Å². The Hall–Kier alpha value is -0.830. The molecule has 12 heavy (non-hydrogen) atoms. The standard InChI is InChI=1S/C9H16N2O/c1-9(2,3)4-8-7(5-10)11-6-12-8/h6H,4-5,10H2,1-3H3. The van der Waals surface area contributed by atoms with Crippen molar-refractivity contribution in [2.45, 2.75) is 33.7 Å². The molecule has 68 valence electrons. The molecule has 1 aromatic heterocycles. The van der Waals surface area contributed by atoms with Crippen LogP contribution in [0.25, 0.3) is 0 Å². The van der Waals surface area contributed by atoms with Gasteiger partial charge >= 0.3 is 0 Å². The summed E-state index contributed by atoms with van der Waals surface area (Å²) < 4.78 is 5.24. The van der Waals surface area contributed by atoms with E-state index in [0.717, 1.165) is 17.9 Å². The Morgan fingerprint density at radius 2 is 2.17 bits per heavy atom. The molecule has 0 spiro atoms. The van der Waals surface area contributed by atoms with Gasteiger partial charge in [-0.15, -0.1) is 0 Å². The SMILES string of the molecule is CC(C)(C)Cc1ocnc1CN. The minimum atomic E-state index is 0.226. The quantitative estimate of drug-likeness (QED) is 0.731. The molecule has 0 bridgehead atoms. The van der Waals surface area contributed by atoms with Gasteiger partial charge < -0.3 is 10.2 Å². The number of nitrogens with two attached hydrogens (primary N) is 1. The van der Waals surface area contributed by atoms with Crippen LogP contribution in [0.4, 0.5) is 0 Å². The van der Waals surface area contributed by atoms with E-state index in [2.05, 4.69) is 25.8 Å². The lowest BCUT2D eigenvalue weighted by Crippen LogP contribution is -2.11. The van der Waals surface area contributed by atoms with Crippen molar-refractivity contribution in [3.8, 4) is 0 Å². The molecule has 2 N–H and O–H groups in total. The van der Waals surface area contributed by atoms with Crippen LogP contribution in [0, 0.1) is 5.41 Å². The number of oxazole rings is 1. The van der Waals surface area contributed by atoms with E-state index in [1.165, 1.54) is 6.39 Å². The topological polar surface area (TPSA) is 52.0 Å². The van der Waals surface area contributed by atoms with Gasteiger partial charge in [-0.1, -0.05) is 20.8 Å². The lowest BCUT2D eigenvalue weighted by atomic mass is 9.90. The maximum Gasteiger partial charge on any atom is 0.181 e. The Balaban J connectivity index is 2.75. The van der Waals surface area contributed by atoms with E-state index in [1.807, 2.05) is 0 Å². The molecule has 0 radical (unpaired) electrons. The van der Waals surface area contributed by atoms with E-state index in [4.69, 9.17) is 10.2 Å². The number of hydrogen-bond donors (Lipinski definition) is 1. The summed E-state index contributed by atoms with van der Waals surface area (Å²) in [6, 6.07) is 0. The van der Waals surface area contributed by atoms with E-state index < -0.39 is 0 Å². The number of nitrogens with zero attached hydrogens (tertiary/aromatic N) is 1. The summed E-state index contributed by atoms with van der Waals surface area (Å²) in [7, 11) is 0. The highest BCUT2D eigenvalue weighted by Crippen LogP contribution is 2.22. The summed E-state index contributed by atoms with van der Waals surface area (Å²) in [5, 5.41) is 0. The zero-order valence-electron chi connectivity index (χ0n) is 7.92. The first kappa shape index (κ1) is 9.26. The molecule has 1 heterocycles. The molecule has 1 aromatic rings. The number of hydrogen-bond acceptors (Lipinski definition) is 3. The Kier molecular flexibility index (Phi) is 2.52. The molecular formula is C9H16N2O. The van der Waals surface area contributed by atoms with Crippen LogP contribution < -0.4 is 5.73 Å². The molecule has 0 amide bonds. The van der Waals surface area contributed by atoms with Crippen LogP contribution in [0.5, 0.6) is 0 Å². The number of rotatable bonds is 2. The molecule has 3 nitrogen and oxygen atoms in total. The Labute approximate surface area is 73.0 Å². The first-order valence-electron chi connectivity index (χ1n) is 4.14. The van der Waals surface area contributed by atoms with Crippen LogP contribution in [0.3, 0.4) is 0 Å². The van der Waals surface area contributed by atoms with Crippen molar-refractivity contribution in [2.24, 2.45) is 11.1 Å². The van der Waals surface area contributed by atoms with Crippen molar-refractivity contribution < 1.29 is 4.42 Å². The fourth-order valence-corrected chi connectivity index (χ4v) is 1.09. The normalized spacial score (nSPS) is 12.0. The van der Waals surface area contributed by atoms with Gasteiger partial charge in [-0.2, -0.15) is 0 Å². The smallest absolute Gasteiger partial charge is 0.181 e. The first-order chi connectivity index (χ1) is 5.53. The van der Waals surface area contributed by atoms with Gasteiger partial charge in [0, 0.05) is 13.0 Å². The molecule has 0 saturated carbocycles. The summed E-state index contributed by atoms with van der Waals surface area (Å²) in [5.74, 6) is 0.921. The highest BCUT2D eigenvalue weighted by Gasteiger charge is 2.16. The Morgan fingerprint density at radius 1 is 1.50 bits per heavy atom. The zero-order chi connectivity index (χ0) is 9.19. The lowest BCUT2D eigenvalue weighted by molar-refractivity contribution is 0.360. The van der Waals surface area contributed by atoms with E-state index in [-0.39, 0.29) is 5.41 Å². The minimum absolute atomic E-state index is 0.226. The van der Waals surface area contributed by atoms with Gasteiger partial charge in [0.2, 0.25) is 0 Å². The minimum Gasteiger partial charge on any atom is -0.448 e. The van der Waals surface area contributed by atoms with Crippen LogP contribution in [-0.2, 0) is 13.0 Å². The van der Waals surface area contributed by atoms with Gasteiger partial charge in [-0.05, 0) is 5.41 Å². The Bertz CT molecular complexity index is 247. The van der Waals surface area contributed by atoms with Crippen molar-refractivity contribution in [1.29, 1.82) is 0 Å². The van der Waals surface area contributed by atoms with Crippen LogP contribution in [0.1, 0.15) is 32.2 Å². The van der Waals surface area contributed by atoms with Gasteiger partial charge in [0.1, 0.15) is 5.76 Å².